The number of carboxylic acid groups (broad SMARTS) is 1. The number of carboxylic acids is 1. The number of carbonyl (C=O) groups is 2. The number of imidazole rings is 1. The third-order valence-electron chi connectivity index (χ3n) is 2.34. The van der Waals surface area contributed by atoms with E-state index in [0.29, 0.717) is 18.1 Å². The minimum atomic E-state index is -1.06. The Kier molecular flexibility index (Phi) is 4.14. The van der Waals surface area contributed by atoms with Crippen LogP contribution < -0.4 is 10.6 Å². The van der Waals surface area contributed by atoms with E-state index in [9.17, 15) is 9.59 Å². The third-order valence-corrected chi connectivity index (χ3v) is 3.17. The normalized spacial score (nSPS) is 10.1. The average Bonchev–Trinajstić information content (AvgIpc) is 2.99. The first-order valence-electron chi connectivity index (χ1n) is 5.48. The fraction of sp³-hybridized carbons (Fsp3) is 0.182. The van der Waals surface area contributed by atoms with E-state index in [1.54, 1.807) is 24.1 Å². The van der Waals surface area contributed by atoms with E-state index >= 15 is 0 Å². The van der Waals surface area contributed by atoms with Gasteiger partial charge in [-0.15, -0.1) is 11.3 Å². The summed E-state index contributed by atoms with van der Waals surface area (Å²) in [4.78, 5) is 26.3. The van der Waals surface area contributed by atoms with Gasteiger partial charge >= 0.3 is 12.0 Å². The number of amides is 2. The predicted molar refractivity (Wildman–Crippen MR) is 70.5 cm³/mol. The lowest BCUT2D eigenvalue weighted by atomic mass is 10.3. The summed E-state index contributed by atoms with van der Waals surface area (Å²) in [6, 6.07) is 1.03. The van der Waals surface area contributed by atoms with Gasteiger partial charge in [-0.2, -0.15) is 0 Å². The van der Waals surface area contributed by atoms with Crippen molar-refractivity contribution in [1.29, 1.82) is 0 Å². The lowest BCUT2D eigenvalue weighted by Crippen LogP contribution is -2.31. The van der Waals surface area contributed by atoms with E-state index in [2.05, 4.69) is 15.6 Å². The first kappa shape index (κ1) is 13.1. The number of urea groups is 1. The van der Waals surface area contributed by atoms with Gasteiger partial charge in [-0.05, 0) is 11.4 Å². The number of nitrogens with zero attached hydrogens (tertiary/aromatic N) is 2. The number of nitrogens with one attached hydrogen (secondary N) is 2. The van der Waals surface area contributed by atoms with Crippen molar-refractivity contribution < 1.29 is 14.7 Å². The summed E-state index contributed by atoms with van der Waals surface area (Å²) in [6.07, 6.45) is 5.10. The average molecular weight is 280 g/mol. The second kappa shape index (κ2) is 6.01. The molecule has 0 fully saturated rings. The molecule has 0 aliphatic rings. The van der Waals surface area contributed by atoms with Gasteiger partial charge in [0.1, 0.15) is 5.00 Å². The van der Waals surface area contributed by atoms with Crippen LogP contribution in [0, 0.1) is 0 Å². The molecule has 2 rings (SSSR count). The highest BCUT2D eigenvalue weighted by Crippen LogP contribution is 2.22. The number of rotatable bonds is 5. The number of thiophene rings is 1. The lowest BCUT2D eigenvalue weighted by molar-refractivity contribution is 0.0698. The van der Waals surface area contributed by atoms with E-state index in [1.165, 1.54) is 17.4 Å². The van der Waals surface area contributed by atoms with E-state index < -0.39 is 12.0 Å². The molecule has 0 bridgehead atoms. The molecule has 3 N–H and O–H groups in total. The monoisotopic (exact) mass is 280 g/mol. The summed E-state index contributed by atoms with van der Waals surface area (Å²) < 4.78 is 1.83. The summed E-state index contributed by atoms with van der Waals surface area (Å²) in [5.74, 6) is -1.06. The number of aromatic nitrogens is 2. The molecule has 0 spiro atoms. The highest BCUT2D eigenvalue weighted by atomic mass is 32.1. The summed E-state index contributed by atoms with van der Waals surface area (Å²) in [5, 5.41) is 16.0. The SMILES string of the molecule is O=C(NCCn1ccnc1)Nc1sccc1C(=O)O. The molecule has 8 heteroatoms. The lowest BCUT2D eigenvalue weighted by Gasteiger charge is -2.07. The molecule has 2 aromatic rings. The van der Waals surface area contributed by atoms with Crippen LogP contribution in [0.15, 0.2) is 30.2 Å². The van der Waals surface area contributed by atoms with Crippen molar-refractivity contribution in [2.75, 3.05) is 11.9 Å². The van der Waals surface area contributed by atoms with Crippen LogP contribution in [0.5, 0.6) is 0 Å². The third kappa shape index (κ3) is 3.55. The molecule has 0 unspecified atom stereocenters. The highest BCUT2D eigenvalue weighted by molar-refractivity contribution is 7.14. The Hall–Kier alpha value is -2.35. The van der Waals surface area contributed by atoms with E-state index in [4.69, 9.17) is 5.11 Å². The Labute approximate surface area is 112 Å². The number of anilines is 1. The zero-order valence-corrected chi connectivity index (χ0v) is 10.7. The van der Waals surface area contributed by atoms with Crippen molar-refractivity contribution in [3.63, 3.8) is 0 Å². The van der Waals surface area contributed by atoms with Gasteiger partial charge in [-0.25, -0.2) is 14.6 Å². The Morgan fingerprint density at radius 2 is 2.32 bits per heavy atom. The molecule has 0 aliphatic carbocycles. The van der Waals surface area contributed by atoms with Crippen LogP contribution in [-0.4, -0.2) is 33.2 Å². The van der Waals surface area contributed by atoms with Crippen molar-refractivity contribution in [1.82, 2.24) is 14.9 Å². The van der Waals surface area contributed by atoms with E-state index in [1.807, 2.05) is 4.57 Å². The summed E-state index contributed by atoms with van der Waals surface area (Å²) in [5.41, 5.74) is 0.0924. The molecular weight excluding hydrogens is 268 g/mol. The maximum absolute atomic E-state index is 11.6. The first-order valence-corrected chi connectivity index (χ1v) is 6.36. The molecule has 0 aliphatic heterocycles. The van der Waals surface area contributed by atoms with E-state index in [0.717, 1.165) is 0 Å². The Bertz CT molecular complexity index is 564. The van der Waals surface area contributed by atoms with E-state index in [-0.39, 0.29) is 5.56 Å². The second-order valence-electron chi connectivity index (χ2n) is 3.65. The molecule has 0 radical (unpaired) electrons. The minimum absolute atomic E-state index is 0.0924. The summed E-state index contributed by atoms with van der Waals surface area (Å²) in [6.45, 7) is 1.03. The number of aromatic carboxylic acids is 1. The molecule has 7 nitrogen and oxygen atoms in total. The molecule has 0 atom stereocenters. The molecule has 0 saturated carbocycles. The van der Waals surface area contributed by atoms with Crippen molar-refractivity contribution >= 4 is 28.3 Å². The van der Waals surface area contributed by atoms with Crippen LogP contribution in [0.1, 0.15) is 10.4 Å². The van der Waals surface area contributed by atoms with Gasteiger partial charge in [0, 0.05) is 25.5 Å². The fourth-order valence-corrected chi connectivity index (χ4v) is 2.21. The van der Waals surface area contributed by atoms with Crippen molar-refractivity contribution in [2.24, 2.45) is 0 Å². The van der Waals surface area contributed by atoms with Crippen LogP contribution >= 0.6 is 11.3 Å². The van der Waals surface area contributed by atoms with Gasteiger partial charge in [0.2, 0.25) is 0 Å². The first-order chi connectivity index (χ1) is 9.16. The maximum Gasteiger partial charge on any atom is 0.338 e. The standard InChI is InChI=1S/C11H12N4O3S/c16-10(17)8-1-6-19-9(8)14-11(18)13-3-5-15-4-2-12-7-15/h1-2,4,6-7H,3,5H2,(H,16,17)(H2,13,14,18). The van der Waals surface area contributed by atoms with Crippen LogP contribution in [-0.2, 0) is 6.54 Å². The Morgan fingerprint density at radius 3 is 3.00 bits per heavy atom. The molecular formula is C11H12N4O3S. The Morgan fingerprint density at radius 1 is 1.47 bits per heavy atom. The largest absolute Gasteiger partial charge is 0.478 e. The number of hydrogen-bond donors (Lipinski definition) is 3. The van der Waals surface area contributed by atoms with Gasteiger partial charge in [0.15, 0.2) is 0 Å². The van der Waals surface area contributed by atoms with Gasteiger partial charge in [0.05, 0.1) is 11.9 Å². The molecule has 2 heterocycles. The van der Waals surface area contributed by atoms with Crippen LogP contribution in [0.3, 0.4) is 0 Å². The molecule has 100 valence electrons. The predicted octanol–water partition coefficient (Wildman–Crippen LogP) is 1.46. The summed E-state index contributed by atoms with van der Waals surface area (Å²) >= 11 is 1.17. The molecule has 0 saturated heterocycles. The molecule has 2 aromatic heterocycles. The van der Waals surface area contributed by atoms with Crippen molar-refractivity contribution in [2.45, 2.75) is 6.54 Å². The highest BCUT2D eigenvalue weighted by Gasteiger charge is 2.13. The quantitative estimate of drug-likeness (QED) is 0.772. The number of carbonyl (C=O) groups excluding carboxylic acids is 1. The zero-order valence-electron chi connectivity index (χ0n) is 9.87. The Balaban J connectivity index is 1.81. The molecule has 19 heavy (non-hydrogen) atoms. The summed E-state index contributed by atoms with van der Waals surface area (Å²) in [7, 11) is 0. The number of hydrogen-bond acceptors (Lipinski definition) is 4. The molecule has 2 amide bonds. The van der Waals surface area contributed by atoms with Gasteiger partial charge in [-0.1, -0.05) is 0 Å². The fourth-order valence-electron chi connectivity index (χ4n) is 1.44. The van der Waals surface area contributed by atoms with Gasteiger partial charge in [-0.3, -0.25) is 5.32 Å². The van der Waals surface area contributed by atoms with Crippen LogP contribution in [0.4, 0.5) is 9.80 Å². The van der Waals surface area contributed by atoms with Crippen molar-refractivity contribution in [3.05, 3.63) is 35.7 Å². The smallest absolute Gasteiger partial charge is 0.338 e. The minimum Gasteiger partial charge on any atom is -0.478 e. The van der Waals surface area contributed by atoms with Gasteiger partial charge in [0.25, 0.3) is 0 Å². The van der Waals surface area contributed by atoms with Crippen LogP contribution in [0.2, 0.25) is 0 Å². The zero-order chi connectivity index (χ0) is 13.7. The van der Waals surface area contributed by atoms with Gasteiger partial charge < -0.3 is 15.0 Å². The van der Waals surface area contributed by atoms with Crippen LogP contribution in [0.25, 0.3) is 0 Å². The topological polar surface area (TPSA) is 96.3 Å². The van der Waals surface area contributed by atoms with Crippen molar-refractivity contribution in [3.8, 4) is 0 Å². The second-order valence-corrected chi connectivity index (χ2v) is 4.57. The maximum atomic E-state index is 11.6. The molecule has 0 aromatic carbocycles.